The van der Waals surface area contributed by atoms with Crippen molar-refractivity contribution >= 4 is 62.1 Å². The number of halogens is 1. The van der Waals surface area contributed by atoms with Crippen LogP contribution >= 0.6 is 39.9 Å². The van der Waals surface area contributed by atoms with Crippen LogP contribution in [0.25, 0.3) is 6.08 Å². The second-order valence-electron chi connectivity index (χ2n) is 7.94. The normalized spacial score (nSPS) is 14.1. The molecule has 0 atom stereocenters. The second kappa shape index (κ2) is 12.2. The molecule has 1 fully saturated rings. The van der Waals surface area contributed by atoms with Crippen molar-refractivity contribution in [2.24, 2.45) is 0 Å². The number of thioether (sulfide) groups is 1. The van der Waals surface area contributed by atoms with Gasteiger partial charge >= 0.3 is 0 Å². The number of rotatable bonds is 9. The summed E-state index contributed by atoms with van der Waals surface area (Å²) in [6, 6.07) is 20.3. The highest BCUT2D eigenvalue weighted by atomic mass is 79.9. The summed E-state index contributed by atoms with van der Waals surface area (Å²) in [7, 11) is 1.57. The molecule has 1 saturated heterocycles. The van der Waals surface area contributed by atoms with Gasteiger partial charge in [-0.05, 0) is 72.2 Å². The lowest BCUT2D eigenvalue weighted by atomic mass is 10.0. The molecule has 0 radical (unpaired) electrons. The van der Waals surface area contributed by atoms with Crippen molar-refractivity contribution in [3.05, 3.63) is 111 Å². The number of ether oxygens (including phenoxy) is 2. The van der Waals surface area contributed by atoms with Crippen LogP contribution in [0.3, 0.4) is 0 Å². The van der Waals surface area contributed by atoms with E-state index in [4.69, 9.17) is 21.7 Å². The summed E-state index contributed by atoms with van der Waals surface area (Å²) in [5.41, 5.74) is 5.64. The number of methoxy groups -OCH3 is 1. The molecule has 2 amide bonds. The van der Waals surface area contributed by atoms with Crippen molar-refractivity contribution in [2.75, 3.05) is 7.11 Å². The Morgan fingerprint density at radius 3 is 2.57 bits per heavy atom. The molecule has 3 aromatic rings. The van der Waals surface area contributed by atoms with E-state index in [-0.39, 0.29) is 4.32 Å². The van der Waals surface area contributed by atoms with Crippen LogP contribution in [0.4, 0.5) is 0 Å². The lowest BCUT2D eigenvalue weighted by Gasteiger charge is -2.16. The monoisotopic (exact) mass is 594 g/mol. The highest BCUT2D eigenvalue weighted by molar-refractivity contribution is 9.10. The van der Waals surface area contributed by atoms with E-state index in [2.05, 4.69) is 27.9 Å². The van der Waals surface area contributed by atoms with Gasteiger partial charge in [-0.2, -0.15) is 5.01 Å². The Morgan fingerprint density at radius 1 is 1.16 bits per heavy atom. The number of hydrazine groups is 1. The number of benzene rings is 3. The Labute approximate surface area is 233 Å². The molecule has 188 valence electrons. The molecule has 1 heterocycles. The minimum absolute atomic E-state index is 0.244. The average molecular weight is 596 g/mol. The molecule has 1 aliphatic heterocycles. The van der Waals surface area contributed by atoms with Crippen LogP contribution in [0.1, 0.15) is 27.0 Å². The van der Waals surface area contributed by atoms with E-state index < -0.39 is 11.8 Å². The fraction of sp³-hybridized carbons (Fsp3) is 0.107. The molecule has 4 rings (SSSR count). The third-order valence-corrected chi connectivity index (χ3v) is 7.21. The Morgan fingerprint density at radius 2 is 1.89 bits per heavy atom. The van der Waals surface area contributed by atoms with Gasteiger partial charge in [0.15, 0.2) is 15.8 Å². The molecule has 0 spiro atoms. The van der Waals surface area contributed by atoms with E-state index in [0.717, 1.165) is 37.9 Å². The van der Waals surface area contributed by atoms with Gasteiger partial charge < -0.3 is 9.47 Å². The molecule has 37 heavy (non-hydrogen) atoms. The molecular formula is C28H23BrN2O4S2. The Kier molecular flexibility index (Phi) is 8.81. The molecular weight excluding hydrogens is 572 g/mol. The van der Waals surface area contributed by atoms with E-state index in [1.165, 1.54) is 0 Å². The SMILES string of the molecule is C=CCc1cc(/C=C2\SC(=S)N(NC(=O)c3ccccc3)C2=O)cc(OC)c1OCc1ccc(Br)cc1. The minimum atomic E-state index is -0.416. The summed E-state index contributed by atoms with van der Waals surface area (Å²) >= 11 is 9.91. The first kappa shape index (κ1) is 26.7. The lowest BCUT2D eigenvalue weighted by molar-refractivity contribution is -0.123. The molecule has 0 bridgehead atoms. The van der Waals surface area contributed by atoms with Gasteiger partial charge in [0.25, 0.3) is 11.8 Å². The topological polar surface area (TPSA) is 67.9 Å². The summed E-state index contributed by atoms with van der Waals surface area (Å²) < 4.78 is 13.0. The fourth-order valence-corrected chi connectivity index (χ4v) is 5.04. The Balaban J connectivity index is 1.57. The van der Waals surface area contributed by atoms with Crippen LogP contribution in [-0.4, -0.2) is 28.3 Å². The standard InChI is InChI=1S/C28H23BrN2O4S2/c1-3-7-21-14-19(15-23(34-2)25(21)35-17-18-10-12-22(29)13-11-18)16-24-27(33)31(28(36)37-24)30-26(32)20-8-5-4-6-9-20/h3-6,8-16H,1,7,17H2,2H3,(H,30,32)/b24-16-. The second-order valence-corrected chi connectivity index (χ2v) is 10.5. The Bertz CT molecular complexity index is 1370. The largest absolute Gasteiger partial charge is 0.493 e. The lowest BCUT2D eigenvalue weighted by Crippen LogP contribution is -2.44. The van der Waals surface area contributed by atoms with Crippen LogP contribution < -0.4 is 14.9 Å². The van der Waals surface area contributed by atoms with Gasteiger partial charge in [0, 0.05) is 15.6 Å². The van der Waals surface area contributed by atoms with E-state index in [1.807, 2.05) is 36.4 Å². The summed E-state index contributed by atoms with van der Waals surface area (Å²) in [5, 5.41) is 1.10. The molecule has 1 aliphatic rings. The number of carbonyl (C=O) groups excluding carboxylic acids is 2. The maximum atomic E-state index is 13.1. The zero-order valence-electron chi connectivity index (χ0n) is 19.9. The maximum absolute atomic E-state index is 13.1. The zero-order chi connectivity index (χ0) is 26.4. The average Bonchev–Trinajstić information content (AvgIpc) is 3.16. The Hall–Kier alpha value is -3.40. The number of carbonyl (C=O) groups is 2. The van der Waals surface area contributed by atoms with Crippen LogP contribution in [0.2, 0.25) is 0 Å². The third kappa shape index (κ3) is 6.49. The summed E-state index contributed by atoms with van der Waals surface area (Å²) in [5.74, 6) is 0.333. The summed E-state index contributed by atoms with van der Waals surface area (Å²) in [6.07, 6.45) is 4.05. The number of nitrogens with one attached hydrogen (secondary N) is 1. The van der Waals surface area contributed by atoms with Crippen LogP contribution in [-0.2, 0) is 17.8 Å². The van der Waals surface area contributed by atoms with E-state index in [9.17, 15) is 9.59 Å². The number of hydrogen-bond acceptors (Lipinski definition) is 6. The van der Waals surface area contributed by atoms with Gasteiger partial charge in [0.05, 0.1) is 12.0 Å². The highest BCUT2D eigenvalue weighted by Crippen LogP contribution is 2.37. The molecule has 6 nitrogen and oxygen atoms in total. The summed E-state index contributed by atoms with van der Waals surface area (Å²) in [6.45, 7) is 4.23. The van der Waals surface area contributed by atoms with E-state index in [0.29, 0.717) is 35.0 Å². The molecule has 0 aliphatic carbocycles. The number of nitrogens with zero attached hydrogens (tertiary/aromatic N) is 1. The van der Waals surface area contributed by atoms with Gasteiger partial charge in [-0.25, -0.2) is 0 Å². The predicted molar refractivity (Wildman–Crippen MR) is 154 cm³/mol. The van der Waals surface area contributed by atoms with Crippen molar-refractivity contribution < 1.29 is 19.1 Å². The molecule has 3 aromatic carbocycles. The first-order valence-electron chi connectivity index (χ1n) is 11.2. The predicted octanol–water partition coefficient (Wildman–Crippen LogP) is 6.31. The quantitative estimate of drug-likeness (QED) is 0.178. The van der Waals surface area contributed by atoms with Crippen molar-refractivity contribution in [3.63, 3.8) is 0 Å². The van der Waals surface area contributed by atoms with E-state index >= 15 is 0 Å². The van der Waals surface area contributed by atoms with Gasteiger partial charge in [-0.1, -0.05) is 64.1 Å². The van der Waals surface area contributed by atoms with Crippen molar-refractivity contribution in [3.8, 4) is 11.5 Å². The van der Waals surface area contributed by atoms with Crippen LogP contribution in [0, 0.1) is 0 Å². The number of allylic oxidation sites excluding steroid dienone is 1. The van der Waals surface area contributed by atoms with Crippen molar-refractivity contribution in [1.29, 1.82) is 0 Å². The molecule has 0 aromatic heterocycles. The van der Waals surface area contributed by atoms with Crippen LogP contribution in [0.15, 0.2) is 88.8 Å². The van der Waals surface area contributed by atoms with Gasteiger partial charge in [0.1, 0.15) is 6.61 Å². The van der Waals surface area contributed by atoms with E-state index in [1.54, 1.807) is 49.6 Å². The third-order valence-electron chi connectivity index (χ3n) is 5.38. The first-order chi connectivity index (χ1) is 17.9. The number of hydrogen-bond donors (Lipinski definition) is 1. The minimum Gasteiger partial charge on any atom is -0.493 e. The maximum Gasteiger partial charge on any atom is 0.285 e. The summed E-state index contributed by atoms with van der Waals surface area (Å²) in [4.78, 5) is 26.0. The zero-order valence-corrected chi connectivity index (χ0v) is 23.1. The molecule has 0 unspecified atom stereocenters. The van der Waals surface area contributed by atoms with Gasteiger partial charge in [-0.15, -0.1) is 6.58 Å². The molecule has 9 heteroatoms. The van der Waals surface area contributed by atoms with Gasteiger partial charge in [-0.3, -0.25) is 15.0 Å². The number of amides is 2. The molecule has 0 saturated carbocycles. The van der Waals surface area contributed by atoms with Crippen molar-refractivity contribution in [1.82, 2.24) is 10.4 Å². The first-order valence-corrected chi connectivity index (χ1v) is 13.2. The van der Waals surface area contributed by atoms with Crippen LogP contribution in [0.5, 0.6) is 11.5 Å². The fourth-order valence-electron chi connectivity index (χ4n) is 3.60. The highest BCUT2D eigenvalue weighted by Gasteiger charge is 2.34. The van der Waals surface area contributed by atoms with Crippen molar-refractivity contribution in [2.45, 2.75) is 13.0 Å². The molecule has 1 N–H and O–H groups in total. The number of thiocarbonyl (C=S) groups is 1. The smallest absolute Gasteiger partial charge is 0.285 e. The van der Waals surface area contributed by atoms with Gasteiger partial charge in [0.2, 0.25) is 0 Å².